The lowest BCUT2D eigenvalue weighted by Crippen LogP contribution is -2.25. The highest BCUT2D eigenvalue weighted by Gasteiger charge is 2.13. The van der Waals surface area contributed by atoms with E-state index in [9.17, 15) is 9.18 Å². The number of benzene rings is 2. The molecule has 0 spiro atoms. The molecule has 1 amide bonds. The number of nitrogens with zero attached hydrogens (tertiary/aromatic N) is 4. The first-order chi connectivity index (χ1) is 11.1. The fourth-order valence-corrected chi connectivity index (χ4v) is 2.22. The SMILES string of the molecule is O=C(NCc1nnnn1-c1ccc(F)cc1)c1ccccc1Cl. The number of carbonyl (C=O) groups excluding carboxylic acids is 1. The number of carbonyl (C=O) groups is 1. The van der Waals surface area contributed by atoms with Crippen molar-refractivity contribution in [2.24, 2.45) is 0 Å². The average molecular weight is 332 g/mol. The molecule has 8 heteroatoms. The predicted molar refractivity (Wildman–Crippen MR) is 81.7 cm³/mol. The van der Waals surface area contributed by atoms with Gasteiger partial charge in [0.15, 0.2) is 5.82 Å². The molecule has 6 nitrogen and oxygen atoms in total. The van der Waals surface area contributed by atoms with E-state index in [0.29, 0.717) is 22.1 Å². The van der Waals surface area contributed by atoms with Crippen LogP contribution in [0.2, 0.25) is 5.02 Å². The summed E-state index contributed by atoms with van der Waals surface area (Å²) in [5.74, 6) is -0.267. The van der Waals surface area contributed by atoms with Crippen LogP contribution < -0.4 is 5.32 Å². The first-order valence-electron chi connectivity index (χ1n) is 6.71. The molecular weight excluding hydrogens is 321 g/mol. The van der Waals surface area contributed by atoms with Crippen LogP contribution >= 0.6 is 11.6 Å². The van der Waals surface area contributed by atoms with E-state index < -0.39 is 0 Å². The third-order valence-corrected chi connectivity index (χ3v) is 3.46. The van der Waals surface area contributed by atoms with E-state index in [2.05, 4.69) is 20.8 Å². The average Bonchev–Trinajstić information content (AvgIpc) is 3.02. The van der Waals surface area contributed by atoms with Crippen LogP contribution in [0.3, 0.4) is 0 Å². The van der Waals surface area contributed by atoms with E-state index in [0.717, 1.165) is 0 Å². The van der Waals surface area contributed by atoms with E-state index in [1.165, 1.54) is 16.8 Å². The Morgan fingerprint density at radius 3 is 2.65 bits per heavy atom. The molecule has 0 saturated carbocycles. The molecule has 1 N–H and O–H groups in total. The van der Waals surface area contributed by atoms with Gasteiger partial charge >= 0.3 is 0 Å². The molecule has 3 aromatic rings. The molecule has 0 radical (unpaired) electrons. The van der Waals surface area contributed by atoms with Crippen molar-refractivity contribution >= 4 is 17.5 Å². The second-order valence-corrected chi connectivity index (χ2v) is 5.05. The minimum Gasteiger partial charge on any atom is -0.345 e. The van der Waals surface area contributed by atoms with Crippen LogP contribution in [0.15, 0.2) is 48.5 Å². The van der Waals surface area contributed by atoms with Gasteiger partial charge in [0, 0.05) is 0 Å². The van der Waals surface area contributed by atoms with Gasteiger partial charge in [-0.15, -0.1) is 5.10 Å². The summed E-state index contributed by atoms with van der Waals surface area (Å²) in [6.45, 7) is 0.106. The second kappa shape index (κ2) is 6.53. The highest BCUT2D eigenvalue weighted by atomic mass is 35.5. The van der Waals surface area contributed by atoms with E-state index in [-0.39, 0.29) is 18.3 Å². The summed E-state index contributed by atoms with van der Waals surface area (Å²) in [6, 6.07) is 12.4. The molecule has 0 aliphatic heterocycles. The first kappa shape index (κ1) is 15.1. The molecule has 2 aromatic carbocycles. The van der Waals surface area contributed by atoms with Gasteiger partial charge in [0.05, 0.1) is 22.8 Å². The second-order valence-electron chi connectivity index (χ2n) is 4.65. The lowest BCUT2D eigenvalue weighted by molar-refractivity contribution is 0.0950. The summed E-state index contributed by atoms with van der Waals surface area (Å²) in [4.78, 5) is 12.1. The van der Waals surface area contributed by atoms with Crippen LogP contribution in [0.25, 0.3) is 5.69 Å². The molecular formula is C15H11ClFN5O. The van der Waals surface area contributed by atoms with Crippen molar-refractivity contribution in [1.82, 2.24) is 25.5 Å². The monoisotopic (exact) mass is 331 g/mol. The molecule has 0 aliphatic rings. The number of hydrogen-bond donors (Lipinski definition) is 1. The fourth-order valence-electron chi connectivity index (χ4n) is 2.00. The number of halogens is 2. The normalized spacial score (nSPS) is 10.5. The van der Waals surface area contributed by atoms with Gasteiger partial charge < -0.3 is 5.32 Å². The summed E-state index contributed by atoms with van der Waals surface area (Å²) in [5.41, 5.74) is 0.966. The minimum absolute atomic E-state index is 0.106. The highest BCUT2D eigenvalue weighted by Crippen LogP contribution is 2.15. The molecule has 3 rings (SSSR count). The van der Waals surface area contributed by atoms with Crippen LogP contribution in [0.4, 0.5) is 4.39 Å². The predicted octanol–water partition coefficient (Wildman–Crippen LogP) is 2.38. The van der Waals surface area contributed by atoms with Gasteiger partial charge in [-0.1, -0.05) is 23.7 Å². The number of hydrogen-bond acceptors (Lipinski definition) is 4. The maximum Gasteiger partial charge on any atom is 0.253 e. The van der Waals surface area contributed by atoms with Crippen LogP contribution in [-0.2, 0) is 6.54 Å². The molecule has 0 bridgehead atoms. The Morgan fingerprint density at radius 1 is 1.17 bits per heavy atom. The van der Waals surface area contributed by atoms with Gasteiger partial charge in [-0.3, -0.25) is 4.79 Å². The Bertz CT molecular complexity index is 834. The summed E-state index contributed by atoms with van der Waals surface area (Å²) >= 11 is 5.98. The topological polar surface area (TPSA) is 72.7 Å². The Morgan fingerprint density at radius 2 is 1.91 bits per heavy atom. The zero-order valence-electron chi connectivity index (χ0n) is 11.8. The van der Waals surface area contributed by atoms with Gasteiger partial charge in [0.25, 0.3) is 5.91 Å². The van der Waals surface area contributed by atoms with Crippen LogP contribution in [0.5, 0.6) is 0 Å². The van der Waals surface area contributed by atoms with Crippen molar-refractivity contribution in [3.63, 3.8) is 0 Å². The Kier molecular flexibility index (Phi) is 4.29. The van der Waals surface area contributed by atoms with Crippen molar-refractivity contribution in [1.29, 1.82) is 0 Å². The molecule has 0 atom stereocenters. The van der Waals surface area contributed by atoms with Gasteiger partial charge in [0.1, 0.15) is 5.82 Å². The number of amides is 1. The summed E-state index contributed by atoms with van der Waals surface area (Å²) in [6.07, 6.45) is 0. The number of aromatic nitrogens is 4. The van der Waals surface area contributed by atoms with Gasteiger partial charge in [-0.25, -0.2) is 4.39 Å². The third-order valence-electron chi connectivity index (χ3n) is 3.13. The van der Waals surface area contributed by atoms with E-state index in [1.807, 2.05) is 0 Å². The standard InChI is InChI=1S/C15H11ClFN5O/c16-13-4-2-1-3-12(13)15(23)18-9-14-19-20-21-22(14)11-7-5-10(17)6-8-11/h1-8H,9H2,(H,18,23). The lowest BCUT2D eigenvalue weighted by atomic mass is 10.2. The van der Waals surface area contributed by atoms with Crippen LogP contribution in [0, 0.1) is 5.82 Å². The highest BCUT2D eigenvalue weighted by molar-refractivity contribution is 6.33. The fraction of sp³-hybridized carbons (Fsp3) is 0.0667. The number of nitrogens with one attached hydrogen (secondary N) is 1. The van der Waals surface area contributed by atoms with Crippen molar-refractivity contribution in [2.45, 2.75) is 6.54 Å². The summed E-state index contributed by atoms with van der Waals surface area (Å²) < 4.78 is 14.4. The number of rotatable bonds is 4. The zero-order chi connectivity index (χ0) is 16.2. The molecule has 0 fully saturated rings. The molecule has 0 aliphatic carbocycles. The molecule has 0 unspecified atom stereocenters. The number of tetrazole rings is 1. The van der Waals surface area contributed by atoms with Crippen LogP contribution in [0.1, 0.15) is 16.2 Å². The van der Waals surface area contributed by atoms with Crippen molar-refractivity contribution < 1.29 is 9.18 Å². The smallest absolute Gasteiger partial charge is 0.253 e. The molecule has 116 valence electrons. The Balaban J connectivity index is 1.75. The van der Waals surface area contributed by atoms with Crippen molar-refractivity contribution in [3.8, 4) is 5.69 Å². The van der Waals surface area contributed by atoms with E-state index in [4.69, 9.17) is 11.6 Å². The Hall–Kier alpha value is -2.80. The lowest BCUT2D eigenvalue weighted by Gasteiger charge is -2.07. The maximum absolute atomic E-state index is 13.0. The van der Waals surface area contributed by atoms with Gasteiger partial charge in [0.2, 0.25) is 0 Å². The van der Waals surface area contributed by atoms with Crippen LogP contribution in [-0.4, -0.2) is 26.1 Å². The molecule has 23 heavy (non-hydrogen) atoms. The maximum atomic E-state index is 13.0. The first-order valence-corrected chi connectivity index (χ1v) is 7.09. The summed E-state index contributed by atoms with van der Waals surface area (Å²) in [5, 5.41) is 14.4. The van der Waals surface area contributed by atoms with E-state index >= 15 is 0 Å². The largest absolute Gasteiger partial charge is 0.345 e. The summed E-state index contributed by atoms with van der Waals surface area (Å²) in [7, 11) is 0. The Labute approximate surface area is 135 Å². The van der Waals surface area contributed by atoms with E-state index in [1.54, 1.807) is 36.4 Å². The minimum atomic E-state index is -0.351. The van der Waals surface area contributed by atoms with Gasteiger partial charge in [-0.2, -0.15) is 4.68 Å². The van der Waals surface area contributed by atoms with Crippen molar-refractivity contribution in [2.75, 3.05) is 0 Å². The molecule has 0 saturated heterocycles. The quantitative estimate of drug-likeness (QED) is 0.796. The zero-order valence-corrected chi connectivity index (χ0v) is 12.5. The van der Waals surface area contributed by atoms with Crippen molar-refractivity contribution in [3.05, 3.63) is 70.8 Å². The third kappa shape index (κ3) is 3.35. The molecule has 1 aromatic heterocycles. The molecule has 1 heterocycles. The van der Waals surface area contributed by atoms with Gasteiger partial charge in [-0.05, 0) is 46.8 Å².